The van der Waals surface area contributed by atoms with E-state index < -0.39 is 5.97 Å². The average molecular weight is 288 g/mol. The van der Waals surface area contributed by atoms with Crippen molar-refractivity contribution < 1.29 is 9.90 Å². The summed E-state index contributed by atoms with van der Waals surface area (Å²) in [5.41, 5.74) is 3.48. The first-order valence-corrected chi connectivity index (χ1v) is 7.83. The minimum Gasteiger partial charge on any atom is -0.550 e. The van der Waals surface area contributed by atoms with Crippen LogP contribution in [0.25, 0.3) is 10.9 Å². The first-order valence-electron chi connectivity index (χ1n) is 6.84. The van der Waals surface area contributed by atoms with Crippen molar-refractivity contribution in [3.63, 3.8) is 0 Å². The minimum atomic E-state index is -1.01. The number of nitrogens with zero attached hydrogens (tertiary/aromatic N) is 1. The van der Waals surface area contributed by atoms with Gasteiger partial charge >= 0.3 is 0 Å². The van der Waals surface area contributed by atoms with Gasteiger partial charge in [-0.15, -0.1) is 11.8 Å². The number of pyridine rings is 1. The molecule has 1 aromatic heterocycles. The molecule has 0 saturated heterocycles. The summed E-state index contributed by atoms with van der Waals surface area (Å²) in [5.74, 6) is -0.504. The van der Waals surface area contributed by atoms with Crippen molar-refractivity contribution in [1.29, 1.82) is 0 Å². The topological polar surface area (TPSA) is 53.0 Å². The molecular weight excluding hydrogens is 270 g/mol. The molecule has 3 nitrogen and oxygen atoms in total. The summed E-state index contributed by atoms with van der Waals surface area (Å²) in [7, 11) is 0. The number of para-hydroxylation sites is 1. The Kier molecular flexibility index (Phi) is 5.01. The van der Waals surface area contributed by atoms with E-state index in [1.165, 1.54) is 28.3 Å². The zero-order valence-electron chi connectivity index (χ0n) is 11.8. The van der Waals surface area contributed by atoms with E-state index in [4.69, 9.17) is 4.98 Å². The maximum atomic E-state index is 10.5. The summed E-state index contributed by atoms with van der Waals surface area (Å²) in [4.78, 5) is 15.2. The largest absolute Gasteiger partial charge is 0.550 e. The van der Waals surface area contributed by atoms with E-state index >= 15 is 0 Å². The number of hydrogen-bond donors (Lipinski definition) is 0. The molecule has 1 aromatic carbocycles. The first kappa shape index (κ1) is 14.9. The zero-order chi connectivity index (χ0) is 14.5. The molecule has 0 spiro atoms. The summed E-state index contributed by atoms with van der Waals surface area (Å²) < 4.78 is 0. The van der Waals surface area contributed by atoms with Gasteiger partial charge in [0.05, 0.1) is 5.52 Å². The molecule has 0 radical (unpaired) electrons. The van der Waals surface area contributed by atoms with E-state index in [0.29, 0.717) is 5.75 Å². The van der Waals surface area contributed by atoms with Crippen LogP contribution in [0.4, 0.5) is 0 Å². The Balaban J connectivity index is 2.39. The van der Waals surface area contributed by atoms with E-state index in [-0.39, 0.29) is 6.42 Å². The van der Waals surface area contributed by atoms with Crippen LogP contribution in [0, 0.1) is 6.92 Å². The summed E-state index contributed by atoms with van der Waals surface area (Å²) in [6.45, 7) is 4.27. The highest BCUT2D eigenvalue weighted by atomic mass is 32.2. The number of benzene rings is 1. The van der Waals surface area contributed by atoms with Crippen LogP contribution in [0.3, 0.4) is 0 Å². The number of carboxylic acid groups (broad SMARTS) is 1. The summed E-state index contributed by atoms with van der Waals surface area (Å²) in [5, 5.41) is 12.7. The second-order valence-electron chi connectivity index (χ2n) is 4.76. The lowest BCUT2D eigenvalue weighted by Gasteiger charge is -2.14. The number of fused-ring (bicyclic) bond motifs is 1. The number of carboxylic acids is 1. The van der Waals surface area contributed by atoms with Gasteiger partial charge in [-0.3, -0.25) is 0 Å². The Morgan fingerprint density at radius 2 is 2.10 bits per heavy atom. The lowest BCUT2D eigenvalue weighted by molar-refractivity contribution is -0.305. The van der Waals surface area contributed by atoms with Crippen LogP contribution in [-0.4, -0.2) is 16.7 Å². The molecule has 20 heavy (non-hydrogen) atoms. The van der Waals surface area contributed by atoms with E-state index in [2.05, 4.69) is 19.9 Å². The van der Waals surface area contributed by atoms with Crippen LogP contribution in [0.5, 0.6) is 0 Å². The van der Waals surface area contributed by atoms with E-state index in [1.54, 1.807) is 0 Å². The third-order valence-corrected chi connectivity index (χ3v) is 4.31. The number of aromatic nitrogens is 1. The Morgan fingerprint density at radius 1 is 1.35 bits per heavy atom. The van der Waals surface area contributed by atoms with Crippen molar-refractivity contribution in [1.82, 2.24) is 4.98 Å². The fourth-order valence-electron chi connectivity index (χ4n) is 2.28. The Labute approximate surface area is 123 Å². The van der Waals surface area contributed by atoms with E-state index in [9.17, 15) is 9.90 Å². The van der Waals surface area contributed by atoms with Crippen molar-refractivity contribution in [2.75, 3.05) is 5.75 Å². The van der Waals surface area contributed by atoms with Gasteiger partial charge in [-0.1, -0.05) is 31.5 Å². The van der Waals surface area contributed by atoms with Crippen molar-refractivity contribution in [2.24, 2.45) is 0 Å². The molecule has 0 unspecified atom stereocenters. The highest BCUT2D eigenvalue weighted by Crippen LogP contribution is 2.30. The summed E-state index contributed by atoms with van der Waals surface area (Å²) in [6, 6.07) is 8.09. The Bertz CT molecular complexity index is 625. The van der Waals surface area contributed by atoms with Gasteiger partial charge < -0.3 is 9.90 Å². The number of carbonyl (C=O) groups is 1. The van der Waals surface area contributed by atoms with Crippen molar-refractivity contribution in [2.45, 2.75) is 38.1 Å². The molecule has 0 amide bonds. The van der Waals surface area contributed by atoms with Crippen molar-refractivity contribution in [3.05, 3.63) is 35.4 Å². The maximum Gasteiger partial charge on any atom is 0.100 e. The molecule has 0 N–H and O–H groups in total. The van der Waals surface area contributed by atoms with Gasteiger partial charge in [0.15, 0.2) is 0 Å². The van der Waals surface area contributed by atoms with Gasteiger partial charge in [0.1, 0.15) is 5.03 Å². The van der Waals surface area contributed by atoms with Crippen LogP contribution in [-0.2, 0) is 11.2 Å². The van der Waals surface area contributed by atoms with Crippen molar-refractivity contribution in [3.8, 4) is 0 Å². The molecule has 0 aliphatic rings. The van der Waals surface area contributed by atoms with Gasteiger partial charge in [0, 0.05) is 17.1 Å². The quantitative estimate of drug-likeness (QED) is 0.767. The SMILES string of the molecule is CCCc1c(SCCC(=O)[O-])nc2ccccc2c1C. The molecule has 0 aliphatic carbocycles. The number of thioether (sulfide) groups is 1. The third kappa shape index (κ3) is 3.31. The molecule has 0 bridgehead atoms. The highest BCUT2D eigenvalue weighted by Gasteiger charge is 2.11. The van der Waals surface area contributed by atoms with E-state index in [1.807, 2.05) is 18.2 Å². The number of hydrogen-bond acceptors (Lipinski definition) is 4. The predicted molar refractivity (Wildman–Crippen MR) is 80.8 cm³/mol. The van der Waals surface area contributed by atoms with Crippen LogP contribution in [0.2, 0.25) is 0 Å². The van der Waals surface area contributed by atoms with Crippen LogP contribution >= 0.6 is 11.8 Å². The minimum absolute atomic E-state index is 0.0593. The molecule has 0 atom stereocenters. The molecule has 106 valence electrons. The maximum absolute atomic E-state index is 10.5. The molecule has 0 fully saturated rings. The molecular formula is C16H18NO2S-. The smallest absolute Gasteiger partial charge is 0.100 e. The van der Waals surface area contributed by atoms with Gasteiger partial charge in [0.25, 0.3) is 0 Å². The Morgan fingerprint density at radius 3 is 2.80 bits per heavy atom. The standard InChI is InChI=1S/C16H19NO2S/c1-3-6-13-11(2)12-7-4-5-8-14(12)17-16(13)20-10-9-15(18)19/h4-5,7-8H,3,6,9-10H2,1-2H3,(H,18,19)/p-1. The fourth-order valence-corrected chi connectivity index (χ4v) is 3.34. The molecule has 1 heterocycles. The van der Waals surface area contributed by atoms with Gasteiger partial charge in [-0.25, -0.2) is 4.98 Å². The second kappa shape index (κ2) is 6.75. The second-order valence-corrected chi connectivity index (χ2v) is 5.84. The van der Waals surface area contributed by atoms with Crippen LogP contribution in [0.1, 0.15) is 30.9 Å². The predicted octanol–water partition coefficient (Wildman–Crippen LogP) is 2.73. The fraction of sp³-hybridized carbons (Fsp3) is 0.375. The molecule has 2 aromatic rings. The van der Waals surface area contributed by atoms with E-state index in [0.717, 1.165) is 23.4 Å². The monoisotopic (exact) mass is 288 g/mol. The van der Waals surface area contributed by atoms with Gasteiger partial charge in [0.2, 0.25) is 0 Å². The molecule has 2 rings (SSSR count). The average Bonchev–Trinajstić information content (AvgIpc) is 2.42. The zero-order valence-corrected chi connectivity index (χ0v) is 12.6. The van der Waals surface area contributed by atoms with Crippen LogP contribution < -0.4 is 5.11 Å². The van der Waals surface area contributed by atoms with Crippen LogP contribution in [0.15, 0.2) is 29.3 Å². The lowest BCUT2D eigenvalue weighted by Crippen LogP contribution is -2.22. The number of aliphatic carboxylic acids is 1. The lowest BCUT2D eigenvalue weighted by atomic mass is 10.0. The number of carbonyl (C=O) groups excluding carboxylic acids is 1. The Hall–Kier alpha value is -1.55. The molecule has 4 heteroatoms. The molecule has 0 saturated carbocycles. The highest BCUT2D eigenvalue weighted by molar-refractivity contribution is 7.99. The van der Waals surface area contributed by atoms with Crippen molar-refractivity contribution >= 4 is 28.6 Å². The van der Waals surface area contributed by atoms with Gasteiger partial charge in [-0.2, -0.15) is 0 Å². The molecule has 0 aliphatic heterocycles. The summed E-state index contributed by atoms with van der Waals surface area (Å²) in [6.07, 6.45) is 2.08. The van der Waals surface area contributed by atoms with Gasteiger partial charge in [-0.05, 0) is 37.0 Å². The normalized spacial score (nSPS) is 10.9. The third-order valence-electron chi connectivity index (χ3n) is 3.29. The first-order chi connectivity index (χ1) is 9.63. The summed E-state index contributed by atoms with van der Waals surface area (Å²) >= 11 is 1.51. The number of aryl methyl sites for hydroxylation is 1. The number of rotatable bonds is 6.